The number of carbonyl (C=O) groups is 1. The fourth-order valence-corrected chi connectivity index (χ4v) is 1.92. The predicted molar refractivity (Wildman–Crippen MR) is 71.9 cm³/mol. The first kappa shape index (κ1) is 14.0. The number of ketones is 1. The van der Waals surface area contributed by atoms with Crippen LogP contribution in [-0.4, -0.2) is 12.9 Å². The van der Waals surface area contributed by atoms with Crippen molar-refractivity contribution in [3.05, 3.63) is 58.7 Å². The fraction of sp³-hybridized carbons (Fsp3) is 0.133. The summed E-state index contributed by atoms with van der Waals surface area (Å²) in [6, 6.07) is 6.61. The lowest BCUT2D eigenvalue weighted by Gasteiger charge is -2.10. The van der Waals surface area contributed by atoms with Gasteiger partial charge in [0, 0.05) is 23.4 Å². The van der Waals surface area contributed by atoms with Crippen LogP contribution in [0, 0.1) is 18.6 Å². The average Bonchev–Trinajstić information content (AvgIpc) is 2.40. The molecule has 5 heteroatoms. The van der Waals surface area contributed by atoms with E-state index in [0.717, 1.165) is 12.1 Å². The molecule has 0 aromatic heterocycles. The van der Waals surface area contributed by atoms with Crippen LogP contribution in [0.1, 0.15) is 21.5 Å². The normalized spacial score (nSPS) is 10.4. The predicted octanol–water partition coefficient (Wildman–Crippen LogP) is 3.10. The molecular formula is C15H13F2NO2. The van der Waals surface area contributed by atoms with Crippen molar-refractivity contribution < 1.29 is 18.3 Å². The van der Waals surface area contributed by atoms with Crippen LogP contribution in [0.2, 0.25) is 0 Å². The summed E-state index contributed by atoms with van der Waals surface area (Å²) in [5.74, 6) is -2.66. The molecule has 2 aromatic carbocycles. The molecule has 104 valence electrons. The molecule has 2 N–H and O–H groups in total. The Bertz CT molecular complexity index is 661. The maximum atomic E-state index is 13.9. The summed E-state index contributed by atoms with van der Waals surface area (Å²) in [7, 11) is 1.29. The molecular weight excluding hydrogens is 264 g/mol. The van der Waals surface area contributed by atoms with Crippen LogP contribution < -0.4 is 10.5 Å². The molecule has 0 amide bonds. The molecule has 0 unspecified atom stereocenters. The Balaban J connectivity index is 2.57. The Morgan fingerprint density at radius 3 is 2.35 bits per heavy atom. The van der Waals surface area contributed by atoms with E-state index in [-0.39, 0.29) is 11.3 Å². The number of nitrogen functional groups attached to an aromatic ring is 1. The van der Waals surface area contributed by atoms with Gasteiger partial charge in [0.25, 0.3) is 0 Å². The summed E-state index contributed by atoms with van der Waals surface area (Å²) in [6.45, 7) is 1.63. The van der Waals surface area contributed by atoms with Gasteiger partial charge in [-0.1, -0.05) is 12.1 Å². The van der Waals surface area contributed by atoms with Crippen molar-refractivity contribution in [3.8, 4) is 5.75 Å². The van der Waals surface area contributed by atoms with Crippen LogP contribution in [0.3, 0.4) is 0 Å². The fourth-order valence-electron chi connectivity index (χ4n) is 1.92. The van der Waals surface area contributed by atoms with E-state index in [1.54, 1.807) is 19.1 Å². The van der Waals surface area contributed by atoms with Gasteiger partial charge in [0.15, 0.2) is 5.78 Å². The van der Waals surface area contributed by atoms with Crippen molar-refractivity contribution in [2.24, 2.45) is 0 Å². The number of ether oxygens (including phenoxy) is 1. The molecule has 0 bridgehead atoms. The van der Waals surface area contributed by atoms with E-state index in [4.69, 9.17) is 10.5 Å². The second-order valence-electron chi connectivity index (χ2n) is 4.31. The van der Waals surface area contributed by atoms with Gasteiger partial charge in [-0.05, 0) is 18.6 Å². The smallest absolute Gasteiger partial charge is 0.199 e. The molecule has 20 heavy (non-hydrogen) atoms. The molecule has 0 atom stereocenters. The molecule has 0 aliphatic carbocycles. The maximum absolute atomic E-state index is 13.9. The Morgan fingerprint density at radius 1 is 1.20 bits per heavy atom. The first-order chi connectivity index (χ1) is 9.45. The number of hydrogen-bond donors (Lipinski definition) is 1. The SMILES string of the molecule is COc1cc(F)c(C(=O)c2cccc(N)c2C)c(F)c1. The van der Waals surface area contributed by atoms with Crippen LogP contribution in [0.15, 0.2) is 30.3 Å². The molecule has 0 spiro atoms. The third-order valence-electron chi connectivity index (χ3n) is 3.10. The van der Waals surface area contributed by atoms with Gasteiger partial charge in [0.2, 0.25) is 0 Å². The number of benzene rings is 2. The van der Waals surface area contributed by atoms with Crippen LogP contribution >= 0.6 is 0 Å². The van der Waals surface area contributed by atoms with Crippen LogP contribution in [0.25, 0.3) is 0 Å². The summed E-state index contributed by atoms with van der Waals surface area (Å²) in [5.41, 5.74) is 6.15. The Labute approximate surface area is 115 Å². The lowest BCUT2D eigenvalue weighted by molar-refractivity contribution is 0.103. The van der Waals surface area contributed by atoms with E-state index < -0.39 is 23.0 Å². The number of rotatable bonds is 3. The van der Waals surface area contributed by atoms with Gasteiger partial charge in [0.1, 0.15) is 17.4 Å². The monoisotopic (exact) mass is 277 g/mol. The van der Waals surface area contributed by atoms with Crippen molar-refractivity contribution in [2.75, 3.05) is 12.8 Å². The van der Waals surface area contributed by atoms with Crippen LogP contribution in [0.5, 0.6) is 5.75 Å². The number of anilines is 1. The largest absolute Gasteiger partial charge is 0.497 e. The topological polar surface area (TPSA) is 52.3 Å². The summed E-state index contributed by atoms with van der Waals surface area (Å²) >= 11 is 0. The van der Waals surface area contributed by atoms with Crippen molar-refractivity contribution in [1.29, 1.82) is 0 Å². The average molecular weight is 277 g/mol. The van der Waals surface area contributed by atoms with E-state index in [0.29, 0.717) is 11.3 Å². The van der Waals surface area contributed by atoms with Gasteiger partial charge in [0.05, 0.1) is 12.7 Å². The van der Waals surface area contributed by atoms with E-state index in [2.05, 4.69) is 0 Å². The van der Waals surface area contributed by atoms with Crippen molar-refractivity contribution in [3.63, 3.8) is 0 Å². The Hall–Kier alpha value is -2.43. The first-order valence-corrected chi connectivity index (χ1v) is 5.88. The number of carbonyl (C=O) groups excluding carboxylic acids is 1. The summed E-state index contributed by atoms with van der Waals surface area (Å²) in [6.07, 6.45) is 0. The van der Waals surface area contributed by atoms with E-state index in [1.807, 2.05) is 0 Å². The van der Waals surface area contributed by atoms with E-state index >= 15 is 0 Å². The molecule has 0 aliphatic rings. The van der Waals surface area contributed by atoms with E-state index in [9.17, 15) is 13.6 Å². The number of methoxy groups -OCH3 is 1. The van der Waals surface area contributed by atoms with E-state index in [1.165, 1.54) is 13.2 Å². The number of nitrogens with two attached hydrogens (primary N) is 1. The zero-order chi connectivity index (χ0) is 14.9. The highest BCUT2D eigenvalue weighted by molar-refractivity contribution is 6.10. The minimum Gasteiger partial charge on any atom is -0.497 e. The summed E-state index contributed by atoms with van der Waals surface area (Å²) in [5, 5.41) is 0. The van der Waals surface area contributed by atoms with Crippen molar-refractivity contribution in [1.82, 2.24) is 0 Å². The first-order valence-electron chi connectivity index (χ1n) is 5.88. The van der Waals surface area contributed by atoms with Crippen molar-refractivity contribution >= 4 is 11.5 Å². The quantitative estimate of drug-likeness (QED) is 0.693. The highest BCUT2D eigenvalue weighted by Crippen LogP contribution is 2.25. The molecule has 0 heterocycles. The maximum Gasteiger partial charge on any atom is 0.199 e. The molecule has 2 rings (SSSR count). The lowest BCUT2D eigenvalue weighted by atomic mass is 9.97. The zero-order valence-corrected chi connectivity index (χ0v) is 11.0. The highest BCUT2D eigenvalue weighted by Gasteiger charge is 2.22. The highest BCUT2D eigenvalue weighted by atomic mass is 19.1. The zero-order valence-electron chi connectivity index (χ0n) is 11.0. The number of hydrogen-bond acceptors (Lipinski definition) is 3. The Morgan fingerprint density at radius 2 is 1.80 bits per heavy atom. The van der Waals surface area contributed by atoms with Gasteiger partial charge in [-0.25, -0.2) is 8.78 Å². The third kappa shape index (κ3) is 2.34. The summed E-state index contributed by atoms with van der Waals surface area (Å²) < 4.78 is 32.5. The minimum atomic E-state index is -0.964. The van der Waals surface area contributed by atoms with Crippen LogP contribution in [0.4, 0.5) is 14.5 Å². The lowest BCUT2D eigenvalue weighted by Crippen LogP contribution is -2.10. The molecule has 0 radical (unpaired) electrons. The van der Waals surface area contributed by atoms with Gasteiger partial charge in [-0.3, -0.25) is 4.79 Å². The van der Waals surface area contributed by atoms with Gasteiger partial charge in [-0.15, -0.1) is 0 Å². The van der Waals surface area contributed by atoms with Gasteiger partial charge in [-0.2, -0.15) is 0 Å². The second kappa shape index (κ2) is 5.28. The van der Waals surface area contributed by atoms with Gasteiger partial charge < -0.3 is 10.5 Å². The molecule has 0 saturated heterocycles. The van der Waals surface area contributed by atoms with Crippen LogP contribution in [-0.2, 0) is 0 Å². The minimum absolute atomic E-state index is 0.0147. The molecule has 3 nitrogen and oxygen atoms in total. The van der Waals surface area contributed by atoms with Gasteiger partial charge >= 0.3 is 0 Å². The van der Waals surface area contributed by atoms with Crippen molar-refractivity contribution in [2.45, 2.75) is 6.92 Å². The Kier molecular flexibility index (Phi) is 3.70. The number of halogens is 2. The standard InChI is InChI=1S/C15H13F2NO2/c1-8-10(4-3-5-13(8)18)15(19)14-11(16)6-9(20-2)7-12(14)17/h3-7H,18H2,1-2H3. The second-order valence-corrected chi connectivity index (χ2v) is 4.31. The third-order valence-corrected chi connectivity index (χ3v) is 3.10. The molecule has 2 aromatic rings. The molecule has 0 aliphatic heterocycles. The molecule has 0 saturated carbocycles. The molecule has 0 fully saturated rings. The summed E-state index contributed by atoms with van der Waals surface area (Å²) in [4.78, 5) is 12.3.